The summed E-state index contributed by atoms with van der Waals surface area (Å²) < 4.78 is 0. The first-order chi connectivity index (χ1) is 13.7. The normalized spacial score (nSPS) is 17.8. The first kappa shape index (κ1) is 18.4. The third kappa shape index (κ3) is 4.12. The van der Waals surface area contributed by atoms with Crippen molar-refractivity contribution in [1.82, 2.24) is 14.9 Å². The molecule has 0 aliphatic carbocycles. The molecule has 0 radical (unpaired) electrons. The molecule has 8 nitrogen and oxygen atoms in total. The van der Waals surface area contributed by atoms with Crippen LogP contribution in [0.4, 0.5) is 17.3 Å². The molecule has 0 atom stereocenters. The van der Waals surface area contributed by atoms with Gasteiger partial charge in [-0.05, 0) is 24.6 Å². The second-order valence-corrected chi connectivity index (χ2v) is 7.03. The van der Waals surface area contributed by atoms with Crippen molar-refractivity contribution in [2.45, 2.75) is 12.8 Å². The molecule has 4 rings (SSSR count). The molecule has 146 valence electrons. The standard InChI is InChI=1S/C20H24N6O2/c27-18(15-24-11-13-25(14-12-24)20-21-8-4-9-22-20)23-16-5-1-2-6-17(16)26-10-3-7-19(26)28/h1-2,4-6,8-9H,3,7,10-15H2,(H,23,27). The molecule has 1 N–H and O–H groups in total. The zero-order valence-corrected chi connectivity index (χ0v) is 15.8. The predicted octanol–water partition coefficient (Wildman–Crippen LogP) is 1.36. The minimum atomic E-state index is -0.0662. The summed E-state index contributed by atoms with van der Waals surface area (Å²) in [4.78, 5) is 39.2. The van der Waals surface area contributed by atoms with Crippen LogP contribution in [-0.4, -0.2) is 66.0 Å². The van der Waals surface area contributed by atoms with Crippen LogP contribution in [-0.2, 0) is 9.59 Å². The molecule has 3 heterocycles. The van der Waals surface area contributed by atoms with Crippen LogP contribution < -0.4 is 15.1 Å². The van der Waals surface area contributed by atoms with E-state index in [9.17, 15) is 9.59 Å². The largest absolute Gasteiger partial charge is 0.338 e. The van der Waals surface area contributed by atoms with E-state index in [4.69, 9.17) is 0 Å². The fourth-order valence-electron chi connectivity index (χ4n) is 3.67. The highest BCUT2D eigenvalue weighted by atomic mass is 16.2. The molecule has 28 heavy (non-hydrogen) atoms. The van der Waals surface area contributed by atoms with Crippen LogP contribution >= 0.6 is 0 Å². The quantitative estimate of drug-likeness (QED) is 0.844. The van der Waals surface area contributed by atoms with E-state index >= 15 is 0 Å². The van der Waals surface area contributed by atoms with E-state index in [1.807, 2.05) is 24.3 Å². The van der Waals surface area contributed by atoms with Gasteiger partial charge in [0.2, 0.25) is 17.8 Å². The zero-order valence-electron chi connectivity index (χ0n) is 15.8. The number of carbonyl (C=O) groups is 2. The summed E-state index contributed by atoms with van der Waals surface area (Å²) in [6.45, 7) is 4.16. The Labute approximate surface area is 164 Å². The van der Waals surface area contributed by atoms with Crippen LogP contribution in [0.3, 0.4) is 0 Å². The summed E-state index contributed by atoms with van der Waals surface area (Å²) in [5.74, 6) is 0.778. The van der Waals surface area contributed by atoms with Gasteiger partial charge in [0.1, 0.15) is 0 Å². The summed E-state index contributed by atoms with van der Waals surface area (Å²) in [6, 6.07) is 9.30. The fourth-order valence-corrected chi connectivity index (χ4v) is 3.67. The van der Waals surface area contributed by atoms with Crippen molar-refractivity contribution in [1.29, 1.82) is 0 Å². The molecule has 0 unspecified atom stereocenters. The van der Waals surface area contributed by atoms with Crippen molar-refractivity contribution in [3.8, 4) is 0 Å². The van der Waals surface area contributed by atoms with Crippen molar-refractivity contribution in [2.24, 2.45) is 0 Å². The number of piperazine rings is 1. The number of carbonyl (C=O) groups excluding carboxylic acids is 2. The Balaban J connectivity index is 1.33. The predicted molar refractivity (Wildman–Crippen MR) is 107 cm³/mol. The lowest BCUT2D eigenvalue weighted by Crippen LogP contribution is -2.49. The number of nitrogens with one attached hydrogen (secondary N) is 1. The third-order valence-electron chi connectivity index (χ3n) is 5.12. The molecule has 1 aromatic carbocycles. The molecule has 2 fully saturated rings. The fraction of sp³-hybridized carbons (Fsp3) is 0.400. The summed E-state index contributed by atoms with van der Waals surface area (Å²) in [7, 11) is 0. The number of para-hydroxylation sites is 2. The van der Waals surface area contributed by atoms with Crippen molar-refractivity contribution >= 4 is 29.1 Å². The molecule has 2 aliphatic heterocycles. The first-order valence-corrected chi connectivity index (χ1v) is 9.64. The maximum absolute atomic E-state index is 12.6. The van der Waals surface area contributed by atoms with Gasteiger partial charge in [0, 0.05) is 51.5 Å². The monoisotopic (exact) mass is 380 g/mol. The Bertz CT molecular complexity index is 836. The summed E-state index contributed by atoms with van der Waals surface area (Å²) in [5.41, 5.74) is 1.48. The van der Waals surface area contributed by atoms with E-state index in [1.165, 1.54) is 0 Å². The number of amides is 2. The van der Waals surface area contributed by atoms with E-state index < -0.39 is 0 Å². The first-order valence-electron chi connectivity index (χ1n) is 9.64. The molecule has 8 heteroatoms. The van der Waals surface area contributed by atoms with Gasteiger partial charge in [-0.2, -0.15) is 0 Å². The van der Waals surface area contributed by atoms with Gasteiger partial charge in [0.05, 0.1) is 17.9 Å². The topological polar surface area (TPSA) is 81.7 Å². The molecular weight excluding hydrogens is 356 g/mol. The van der Waals surface area contributed by atoms with Gasteiger partial charge in [-0.3, -0.25) is 14.5 Å². The number of benzene rings is 1. The van der Waals surface area contributed by atoms with Crippen LogP contribution in [0.25, 0.3) is 0 Å². The van der Waals surface area contributed by atoms with Gasteiger partial charge < -0.3 is 15.1 Å². The minimum Gasteiger partial charge on any atom is -0.338 e. The SMILES string of the molecule is O=C(CN1CCN(c2ncccn2)CC1)Nc1ccccc1N1CCCC1=O. The van der Waals surface area contributed by atoms with Gasteiger partial charge in [0.25, 0.3) is 0 Å². The lowest BCUT2D eigenvalue weighted by molar-refractivity contribution is -0.118. The van der Waals surface area contributed by atoms with Crippen molar-refractivity contribution in [3.05, 3.63) is 42.7 Å². The highest BCUT2D eigenvalue weighted by Crippen LogP contribution is 2.29. The highest BCUT2D eigenvalue weighted by Gasteiger charge is 2.25. The number of rotatable bonds is 5. The third-order valence-corrected chi connectivity index (χ3v) is 5.12. The average Bonchev–Trinajstić information content (AvgIpc) is 3.15. The van der Waals surface area contributed by atoms with E-state index in [0.29, 0.717) is 25.2 Å². The molecule has 1 aromatic heterocycles. The number of anilines is 3. The van der Waals surface area contributed by atoms with Gasteiger partial charge in [-0.1, -0.05) is 12.1 Å². The summed E-state index contributed by atoms with van der Waals surface area (Å²) in [6.07, 6.45) is 4.91. The Kier molecular flexibility index (Phi) is 5.48. The highest BCUT2D eigenvalue weighted by molar-refractivity contribution is 6.02. The number of nitrogens with zero attached hydrogens (tertiary/aromatic N) is 5. The van der Waals surface area contributed by atoms with Crippen LogP contribution in [0.1, 0.15) is 12.8 Å². The minimum absolute atomic E-state index is 0.0662. The summed E-state index contributed by atoms with van der Waals surface area (Å²) in [5, 5.41) is 2.99. The second-order valence-electron chi connectivity index (χ2n) is 7.03. The van der Waals surface area contributed by atoms with Gasteiger partial charge in [-0.15, -0.1) is 0 Å². The average molecular weight is 380 g/mol. The number of hydrogen-bond acceptors (Lipinski definition) is 6. The van der Waals surface area contributed by atoms with Crippen LogP contribution in [0, 0.1) is 0 Å². The Morgan fingerprint density at radius 1 is 1.00 bits per heavy atom. The lowest BCUT2D eigenvalue weighted by atomic mass is 10.2. The number of aromatic nitrogens is 2. The van der Waals surface area contributed by atoms with Crippen molar-refractivity contribution < 1.29 is 9.59 Å². The molecule has 2 aliphatic rings. The molecule has 0 spiro atoms. The van der Waals surface area contributed by atoms with Crippen LogP contribution in [0.15, 0.2) is 42.7 Å². The van der Waals surface area contributed by atoms with Crippen molar-refractivity contribution in [2.75, 3.05) is 54.4 Å². The van der Waals surface area contributed by atoms with Gasteiger partial charge in [-0.25, -0.2) is 9.97 Å². The summed E-state index contributed by atoms with van der Waals surface area (Å²) >= 11 is 0. The molecule has 2 aromatic rings. The van der Waals surface area contributed by atoms with E-state index in [2.05, 4.69) is 25.1 Å². The Morgan fingerprint density at radius 3 is 2.46 bits per heavy atom. The van der Waals surface area contributed by atoms with Crippen LogP contribution in [0.5, 0.6) is 0 Å². The lowest BCUT2D eigenvalue weighted by Gasteiger charge is -2.34. The molecule has 0 bridgehead atoms. The molecule has 2 saturated heterocycles. The van der Waals surface area contributed by atoms with Crippen LogP contribution in [0.2, 0.25) is 0 Å². The molecule has 0 saturated carbocycles. The molecular formula is C20H24N6O2. The van der Waals surface area contributed by atoms with Gasteiger partial charge in [0.15, 0.2) is 0 Å². The van der Waals surface area contributed by atoms with Crippen molar-refractivity contribution in [3.63, 3.8) is 0 Å². The smallest absolute Gasteiger partial charge is 0.238 e. The van der Waals surface area contributed by atoms with Gasteiger partial charge >= 0.3 is 0 Å². The Hall–Kier alpha value is -3.00. The van der Waals surface area contributed by atoms with E-state index in [-0.39, 0.29) is 11.8 Å². The number of hydrogen-bond donors (Lipinski definition) is 1. The zero-order chi connectivity index (χ0) is 19.3. The second kappa shape index (κ2) is 8.35. The maximum Gasteiger partial charge on any atom is 0.238 e. The molecule has 2 amide bonds. The van der Waals surface area contributed by atoms with E-state index in [0.717, 1.165) is 44.2 Å². The van der Waals surface area contributed by atoms with E-state index in [1.54, 1.807) is 23.4 Å². The Morgan fingerprint density at radius 2 is 1.75 bits per heavy atom. The maximum atomic E-state index is 12.6.